The zero-order valence-corrected chi connectivity index (χ0v) is 10.0. The maximum Gasteiger partial charge on any atom is 0.181 e. The van der Waals surface area contributed by atoms with Crippen molar-refractivity contribution >= 4 is 0 Å². The lowest BCUT2D eigenvalue weighted by Gasteiger charge is -2.19. The van der Waals surface area contributed by atoms with E-state index in [-0.39, 0.29) is 5.54 Å². The molecule has 1 aromatic rings. The average molecular weight is 208 g/mol. The normalized spacial score (nSPS) is 25.6. The number of oxazole rings is 1. The second kappa shape index (κ2) is 3.63. The minimum Gasteiger partial charge on any atom is -0.448 e. The Morgan fingerprint density at radius 3 is 2.73 bits per heavy atom. The van der Waals surface area contributed by atoms with Crippen molar-refractivity contribution in [2.75, 3.05) is 0 Å². The van der Waals surface area contributed by atoms with Crippen molar-refractivity contribution < 1.29 is 4.42 Å². The summed E-state index contributed by atoms with van der Waals surface area (Å²) in [5.41, 5.74) is 1.21. The summed E-state index contributed by atoms with van der Waals surface area (Å²) < 4.78 is 5.47. The van der Waals surface area contributed by atoms with Crippen molar-refractivity contribution in [1.29, 1.82) is 0 Å². The molecule has 1 aliphatic carbocycles. The molecule has 3 heteroatoms. The molecule has 0 spiro atoms. The van der Waals surface area contributed by atoms with E-state index in [1.807, 2.05) is 0 Å². The molecule has 2 unspecified atom stereocenters. The van der Waals surface area contributed by atoms with Gasteiger partial charge in [-0.15, -0.1) is 0 Å². The Kier molecular flexibility index (Phi) is 2.59. The molecule has 0 aromatic carbocycles. The van der Waals surface area contributed by atoms with Crippen molar-refractivity contribution in [1.82, 2.24) is 10.3 Å². The summed E-state index contributed by atoms with van der Waals surface area (Å²) in [5, 5.41) is 3.44. The molecule has 3 nitrogen and oxygen atoms in total. The minimum atomic E-state index is 0.130. The Hall–Kier alpha value is -0.830. The second-order valence-corrected chi connectivity index (χ2v) is 5.59. The first-order chi connectivity index (χ1) is 6.97. The van der Waals surface area contributed by atoms with Crippen molar-refractivity contribution in [3.8, 4) is 0 Å². The van der Waals surface area contributed by atoms with E-state index >= 15 is 0 Å². The first-order valence-electron chi connectivity index (χ1n) is 5.64. The Bertz CT molecular complexity index is 338. The van der Waals surface area contributed by atoms with Gasteiger partial charge in [-0.05, 0) is 33.1 Å². The van der Waals surface area contributed by atoms with Gasteiger partial charge in [-0.2, -0.15) is 0 Å². The summed E-state index contributed by atoms with van der Waals surface area (Å²) >= 11 is 0. The van der Waals surface area contributed by atoms with E-state index in [1.165, 1.54) is 6.42 Å². The number of hydrogen-bond donors (Lipinski definition) is 1. The van der Waals surface area contributed by atoms with Crippen molar-refractivity contribution in [2.45, 2.75) is 52.1 Å². The van der Waals surface area contributed by atoms with E-state index in [9.17, 15) is 0 Å². The number of rotatable bonds is 3. The zero-order chi connectivity index (χ0) is 11.1. The van der Waals surface area contributed by atoms with E-state index in [4.69, 9.17) is 4.42 Å². The summed E-state index contributed by atoms with van der Waals surface area (Å²) in [7, 11) is 0. The third-order valence-corrected chi connectivity index (χ3v) is 2.91. The molecule has 15 heavy (non-hydrogen) atoms. The molecule has 1 N–H and O–H groups in total. The van der Waals surface area contributed by atoms with Crippen molar-refractivity contribution in [3.05, 3.63) is 17.8 Å². The fraction of sp³-hybridized carbons (Fsp3) is 0.750. The highest BCUT2D eigenvalue weighted by Gasteiger charge is 2.38. The topological polar surface area (TPSA) is 38.1 Å². The fourth-order valence-electron chi connectivity index (χ4n) is 1.75. The second-order valence-electron chi connectivity index (χ2n) is 5.59. The van der Waals surface area contributed by atoms with Gasteiger partial charge in [-0.3, -0.25) is 0 Å². The van der Waals surface area contributed by atoms with Crippen LogP contribution < -0.4 is 5.32 Å². The standard InChI is InChI=1S/C12H20N2O/c1-8-5-9(8)11-10(13-7-15-11)6-14-12(2,3)4/h7-9,14H,5-6H2,1-4H3. The van der Waals surface area contributed by atoms with Crippen LogP contribution in [0.4, 0.5) is 0 Å². The zero-order valence-electron chi connectivity index (χ0n) is 10.0. The van der Waals surface area contributed by atoms with E-state index in [0.717, 1.165) is 23.9 Å². The van der Waals surface area contributed by atoms with Crippen LogP contribution in [0.15, 0.2) is 10.8 Å². The summed E-state index contributed by atoms with van der Waals surface area (Å²) in [4.78, 5) is 4.29. The Balaban J connectivity index is 2.00. The first-order valence-corrected chi connectivity index (χ1v) is 5.64. The lowest BCUT2D eigenvalue weighted by Crippen LogP contribution is -2.35. The Morgan fingerprint density at radius 2 is 2.20 bits per heavy atom. The predicted molar refractivity (Wildman–Crippen MR) is 59.6 cm³/mol. The van der Waals surface area contributed by atoms with E-state index in [0.29, 0.717) is 5.92 Å². The fourth-order valence-corrected chi connectivity index (χ4v) is 1.75. The highest BCUT2D eigenvalue weighted by Crippen LogP contribution is 2.47. The first kappa shape index (κ1) is 10.7. The van der Waals surface area contributed by atoms with Gasteiger partial charge in [-0.1, -0.05) is 6.92 Å². The predicted octanol–water partition coefficient (Wildman–Crippen LogP) is 2.69. The molecule has 0 saturated heterocycles. The van der Waals surface area contributed by atoms with Gasteiger partial charge in [0.2, 0.25) is 0 Å². The van der Waals surface area contributed by atoms with Gasteiger partial charge in [0, 0.05) is 18.0 Å². The minimum absolute atomic E-state index is 0.130. The van der Waals surface area contributed by atoms with Gasteiger partial charge < -0.3 is 9.73 Å². The van der Waals surface area contributed by atoms with Gasteiger partial charge in [0.15, 0.2) is 6.39 Å². The van der Waals surface area contributed by atoms with Crippen LogP contribution in [0.25, 0.3) is 0 Å². The summed E-state index contributed by atoms with van der Waals surface area (Å²) in [5.74, 6) is 2.48. The molecule has 2 rings (SSSR count). The van der Waals surface area contributed by atoms with Crippen molar-refractivity contribution in [3.63, 3.8) is 0 Å². The molecule has 1 heterocycles. The molecule has 1 fully saturated rings. The molecule has 2 atom stereocenters. The Labute approximate surface area is 91.3 Å². The van der Waals surface area contributed by atoms with Gasteiger partial charge in [0.05, 0.1) is 5.69 Å². The molecule has 1 saturated carbocycles. The molecular formula is C12H20N2O. The molecule has 1 aromatic heterocycles. The lowest BCUT2D eigenvalue weighted by molar-refractivity contribution is 0.417. The Morgan fingerprint density at radius 1 is 1.53 bits per heavy atom. The smallest absolute Gasteiger partial charge is 0.181 e. The highest BCUT2D eigenvalue weighted by atomic mass is 16.3. The highest BCUT2D eigenvalue weighted by molar-refractivity contribution is 5.19. The number of nitrogens with one attached hydrogen (secondary N) is 1. The van der Waals surface area contributed by atoms with Gasteiger partial charge in [-0.25, -0.2) is 4.98 Å². The molecule has 0 radical (unpaired) electrons. The molecule has 0 amide bonds. The number of aromatic nitrogens is 1. The molecular weight excluding hydrogens is 188 g/mol. The average Bonchev–Trinajstić information content (AvgIpc) is 2.67. The number of hydrogen-bond acceptors (Lipinski definition) is 3. The van der Waals surface area contributed by atoms with Crippen molar-refractivity contribution in [2.24, 2.45) is 5.92 Å². The molecule has 84 valence electrons. The molecule has 0 bridgehead atoms. The van der Waals surface area contributed by atoms with E-state index in [2.05, 4.69) is 38.0 Å². The van der Waals surface area contributed by atoms with Gasteiger partial charge in [0.1, 0.15) is 5.76 Å². The van der Waals surface area contributed by atoms with E-state index < -0.39 is 0 Å². The SMILES string of the molecule is CC1CC1c1ocnc1CNC(C)(C)C. The third-order valence-electron chi connectivity index (χ3n) is 2.91. The summed E-state index contributed by atoms with van der Waals surface area (Å²) in [6.45, 7) is 9.54. The van der Waals surface area contributed by atoms with Crippen LogP contribution >= 0.6 is 0 Å². The van der Waals surface area contributed by atoms with Crippen LogP contribution in [0.2, 0.25) is 0 Å². The van der Waals surface area contributed by atoms with Crippen LogP contribution in [0.5, 0.6) is 0 Å². The van der Waals surface area contributed by atoms with Gasteiger partial charge in [0.25, 0.3) is 0 Å². The monoisotopic (exact) mass is 208 g/mol. The quantitative estimate of drug-likeness (QED) is 0.830. The third kappa shape index (κ3) is 2.59. The number of nitrogens with zero attached hydrogens (tertiary/aromatic N) is 1. The summed E-state index contributed by atoms with van der Waals surface area (Å²) in [6, 6.07) is 0. The van der Waals surface area contributed by atoms with Crippen LogP contribution in [0, 0.1) is 5.92 Å². The molecule has 0 aliphatic heterocycles. The maximum absolute atomic E-state index is 5.47. The summed E-state index contributed by atoms with van der Waals surface area (Å²) in [6.07, 6.45) is 2.82. The molecule has 1 aliphatic rings. The van der Waals surface area contributed by atoms with Crippen LogP contribution in [-0.4, -0.2) is 10.5 Å². The maximum atomic E-state index is 5.47. The van der Waals surface area contributed by atoms with Crippen LogP contribution in [0.3, 0.4) is 0 Å². The van der Waals surface area contributed by atoms with Crippen LogP contribution in [0.1, 0.15) is 51.5 Å². The lowest BCUT2D eigenvalue weighted by atomic mass is 10.1. The van der Waals surface area contributed by atoms with Gasteiger partial charge >= 0.3 is 0 Å². The van der Waals surface area contributed by atoms with Crippen LogP contribution in [-0.2, 0) is 6.54 Å². The van der Waals surface area contributed by atoms with E-state index in [1.54, 1.807) is 6.39 Å². The largest absolute Gasteiger partial charge is 0.448 e.